The molecule has 2 fully saturated rings. The fourth-order valence-electron chi connectivity index (χ4n) is 3.76. The Morgan fingerprint density at radius 3 is 2.34 bits per heavy atom. The van der Waals surface area contributed by atoms with Gasteiger partial charge in [0, 0.05) is 18.8 Å². The number of nitrogens with one attached hydrogen (secondary N) is 2. The second-order valence-corrected chi connectivity index (χ2v) is 7.84. The van der Waals surface area contributed by atoms with E-state index >= 15 is 0 Å². The van der Waals surface area contributed by atoms with E-state index in [1.165, 1.54) is 10.8 Å². The van der Waals surface area contributed by atoms with Crippen molar-refractivity contribution in [3.05, 3.63) is 27.7 Å². The quantitative estimate of drug-likeness (QED) is 0.516. The van der Waals surface area contributed by atoms with Gasteiger partial charge in [0.25, 0.3) is 17.4 Å². The first-order valence-corrected chi connectivity index (χ1v) is 10.1. The lowest BCUT2D eigenvalue weighted by molar-refractivity contribution is -0.135. The molecule has 29 heavy (non-hydrogen) atoms. The first-order chi connectivity index (χ1) is 13.9. The van der Waals surface area contributed by atoms with Crippen LogP contribution < -0.4 is 16.2 Å². The number of hydrogen-bond acceptors (Lipinski definition) is 5. The molecular formula is C20H27N3O6. The van der Waals surface area contributed by atoms with E-state index in [-0.39, 0.29) is 11.6 Å². The van der Waals surface area contributed by atoms with Crippen LogP contribution in [0.1, 0.15) is 78.1 Å². The van der Waals surface area contributed by atoms with Gasteiger partial charge >= 0.3 is 5.97 Å². The maximum atomic E-state index is 12.9. The number of nitrogens with zero attached hydrogens (tertiary/aromatic N) is 1. The molecule has 2 aliphatic rings. The van der Waals surface area contributed by atoms with Gasteiger partial charge in [-0.2, -0.15) is 0 Å². The highest BCUT2D eigenvalue weighted by molar-refractivity contribution is 6.03. The van der Waals surface area contributed by atoms with Crippen LogP contribution in [0.3, 0.4) is 0 Å². The van der Waals surface area contributed by atoms with Crippen molar-refractivity contribution in [2.45, 2.75) is 57.4 Å². The third-order valence-corrected chi connectivity index (χ3v) is 5.58. The van der Waals surface area contributed by atoms with E-state index in [4.69, 9.17) is 5.11 Å². The molecule has 0 atom stereocenters. The number of carbonyl (C=O) groups excluding carboxylic acids is 2. The van der Waals surface area contributed by atoms with E-state index in [1.54, 1.807) is 0 Å². The lowest BCUT2D eigenvalue weighted by Gasteiger charge is -2.25. The van der Waals surface area contributed by atoms with Crippen molar-refractivity contribution in [1.82, 2.24) is 15.2 Å². The predicted octanol–water partition coefficient (Wildman–Crippen LogP) is 1.40. The van der Waals surface area contributed by atoms with Crippen LogP contribution in [0.4, 0.5) is 0 Å². The number of carboxylic acid groups (broad SMARTS) is 1. The summed E-state index contributed by atoms with van der Waals surface area (Å²) in [7, 11) is 0. The number of aromatic nitrogens is 1. The molecule has 0 radical (unpaired) electrons. The maximum absolute atomic E-state index is 12.9. The molecular weight excluding hydrogens is 378 g/mol. The molecule has 9 heteroatoms. The van der Waals surface area contributed by atoms with Gasteiger partial charge in [-0.25, -0.2) is 0 Å². The average molecular weight is 405 g/mol. The van der Waals surface area contributed by atoms with Gasteiger partial charge in [-0.15, -0.1) is 0 Å². The summed E-state index contributed by atoms with van der Waals surface area (Å²) < 4.78 is 1.35. The summed E-state index contributed by atoms with van der Waals surface area (Å²) in [5.74, 6) is -2.93. The van der Waals surface area contributed by atoms with E-state index in [9.17, 15) is 24.3 Å². The Labute approximate surface area is 168 Å². The predicted molar refractivity (Wildman–Crippen MR) is 104 cm³/mol. The molecule has 0 unspecified atom stereocenters. The largest absolute Gasteiger partial charge is 0.506 e. The Morgan fingerprint density at radius 2 is 1.72 bits per heavy atom. The lowest BCUT2D eigenvalue weighted by Crippen LogP contribution is -2.38. The molecule has 2 saturated carbocycles. The number of aromatic hydroxyl groups is 1. The number of aliphatic carboxylic acids is 1. The highest BCUT2D eigenvalue weighted by Crippen LogP contribution is 2.32. The van der Waals surface area contributed by atoms with Crippen LogP contribution >= 0.6 is 0 Å². The Morgan fingerprint density at radius 1 is 1.03 bits per heavy atom. The number of amides is 2. The van der Waals surface area contributed by atoms with Crippen molar-refractivity contribution in [2.75, 3.05) is 13.1 Å². The van der Waals surface area contributed by atoms with Gasteiger partial charge in [-0.05, 0) is 25.2 Å². The molecule has 158 valence electrons. The van der Waals surface area contributed by atoms with Gasteiger partial charge in [0.15, 0.2) is 0 Å². The van der Waals surface area contributed by atoms with Crippen LogP contribution in [0.25, 0.3) is 0 Å². The third-order valence-electron chi connectivity index (χ3n) is 5.58. The van der Waals surface area contributed by atoms with Crippen LogP contribution in [-0.2, 0) is 4.79 Å². The van der Waals surface area contributed by atoms with Crippen LogP contribution in [0, 0.1) is 5.92 Å². The first kappa shape index (κ1) is 20.9. The number of carbonyl (C=O) groups is 3. The van der Waals surface area contributed by atoms with Crippen molar-refractivity contribution >= 4 is 17.8 Å². The molecule has 9 nitrogen and oxygen atoms in total. The van der Waals surface area contributed by atoms with Gasteiger partial charge in [-0.1, -0.05) is 32.1 Å². The number of hydrogen-bond donors (Lipinski definition) is 4. The lowest BCUT2D eigenvalue weighted by atomic mass is 9.94. The van der Waals surface area contributed by atoms with Gasteiger partial charge in [0.1, 0.15) is 17.9 Å². The van der Waals surface area contributed by atoms with Crippen molar-refractivity contribution in [3.8, 4) is 5.75 Å². The molecule has 1 heterocycles. The molecule has 2 amide bonds. The molecule has 1 aromatic rings. The zero-order chi connectivity index (χ0) is 21.0. The zero-order valence-corrected chi connectivity index (χ0v) is 16.3. The molecule has 0 aromatic carbocycles. The smallest absolute Gasteiger partial charge is 0.322 e. The van der Waals surface area contributed by atoms with Gasteiger partial charge < -0.3 is 25.4 Å². The van der Waals surface area contributed by atoms with E-state index in [0.717, 1.165) is 51.4 Å². The Bertz CT molecular complexity index is 853. The standard InChI is InChI=1S/C20H27N3O6/c24-15(25)10-22-19(28)16-17(26)14(18(27)21-9-8-12-6-7-12)11-23(20(16)29)13-4-2-1-3-5-13/h11-13,26H,1-10H2,(H,21,27)(H,22,28)(H,24,25). The topological polar surface area (TPSA) is 138 Å². The average Bonchev–Trinajstić information content (AvgIpc) is 3.51. The second-order valence-electron chi connectivity index (χ2n) is 7.84. The maximum Gasteiger partial charge on any atom is 0.322 e. The molecule has 2 aliphatic carbocycles. The Hall–Kier alpha value is -2.84. The van der Waals surface area contributed by atoms with Gasteiger partial charge in [0.2, 0.25) is 0 Å². The minimum absolute atomic E-state index is 0.147. The van der Waals surface area contributed by atoms with Crippen LogP contribution in [-0.4, -0.2) is 45.7 Å². The zero-order valence-electron chi connectivity index (χ0n) is 16.3. The van der Waals surface area contributed by atoms with E-state index in [2.05, 4.69) is 10.6 Å². The fourth-order valence-corrected chi connectivity index (χ4v) is 3.76. The molecule has 0 spiro atoms. The van der Waals surface area contributed by atoms with Gasteiger partial charge in [-0.3, -0.25) is 19.2 Å². The summed E-state index contributed by atoms with van der Waals surface area (Å²) in [5, 5.41) is 24.1. The summed E-state index contributed by atoms with van der Waals surface area (Å²) in [6.07, 6.45) is 8.89. The highest BCUT2D eigenvalue weighted by Gasteiger charge is 2.28. The minimum Gasteiger partial charge on any atom is -0.506 e. The van der Waals surface area contributed by atoms with Crippen LogP contribution in [0.5, 0.6) is 5.75 Å². The normalized spacial score (nSPS) is 17.0. The van der Waals surface area contributed by atoms with E-state index in [1.807, 2.05) is 0 Å². The van der Waals surface area contributed by atoms with E-state index in [0.29, 0.717) is 12.5 Å². The summed E-state index contributed by atoms with van der Waals surface area (Å²) in [4.78, 5) is 48.7. The summed E-state index contributed by atoms with van der Waals surface area (Å²) in [6.45, 7) is -0.245. The van der Waals surface area contributed by atoms with Crippen LogP contribution in [0.2, 0.25) is 0 Å². The number of carboxylic acids is 1. The van der Waals surface area contributed by atoms with Gasteiger partial charge in [0.05, 0.1) is 5.56 Å². The Kier molecular flexibility index (Phi) is 6.56. The summed E-state index contributed by atoms with van der Waals surface area (Å²) >= 11 is 0. The molecule has 0 aliphatic heterocycles. The summed E-state index contributed by atoms with van der Waals surface area (Å²) in [6, 6.07) is -0.166. The second kappa shape index (κ2) is 9.11. The molecule has 3 rings (SSSR count). The third kappa shape index (κ3) is 5.16. The molecule has 0 saturated heterocycles. The monoisotopic (exact) mass is 405 g/mol. The SMILES string of the molecule is O=C(O)CNC(=O)c1c(O)c(C(=O)NCCC2CC2)cn(C2CCCCC2)c1=O. The van der Waals surface area contributed by atoms with Crippen LogP contribution in [0.15, 0.2) is 11.0 Å². The number of rotatable bonds is 8. The van der Waals surface area contributed by atoms with Crippen molar-refractivity contribution in [3.63, 3.8) is 0 Å². The van der Waals surface area contributed by atoms with Crippen molar-refractivity contribution in [1.29, 1.82) is 0 Å². The molecule has 1 aromatic heterocycles. The Balaban J connectivity index is 1.93. The fraction of sp³-hybridized carbons (Fsp3) is 0.600. The van der Waals surface area contributed by atoms with E-state index < -0.39 is 41.2 Å². The summed E-state index contributed by atoms with van der Waals surface area (Å²) in [5.41, 5.74) is -1.45. The first-order valence-electron chi connectivity index (χ1n) is 10.1. The van der Waals surface area contributed by atoms with Crippen molar-refractivity contribution in [2.24, 2.45) is 5.92 Å². The molecule has 4 N–H and O–H groups in total. The molecule has 0 bridgehead atoms. The number of pyridine rings is 1. The van der Waals surface area contributed by atoms with Crippen molar-refractivity contribution < 1.29 is 24.6 Å². The highest BCUT2D eigenvalue weighted by atomic mass is 16.4. The minimum atomic E-state index is -1.28.